The molecule has 11 heteroatoms. The number of carbonyl (C=O) groups is 1. The molecule has 2 aromatic carbocycles. The van der Waals surface area contributed by atoms with Gasteiger partial charge in [0.1, 0.15) is 17.9 Å². The lowest BCUT2D eigenvalue weighted by Gasteiger charge is -2.08. The normalized spacial score (nSPS) is 10.8. The van der Waals surface area contributed by atoms with Gasteiger partial charge in [-0.3, -0.25) is 10.1 Å². The smallest absolute Gasteiger partial charge is 0.278 e. The molecule has 8 nitrogen and oxygen atoms in total. The maximum absolute atomic E-state index is 13.3. The third-order valence-corrected chi connectivity index (χ3v) is 4.65. The molecule has 0 unspecified atom stereocenters. The van der Waals surface area contributed by atoms with E-state index in [1.165, 1.54) is 33.9 Å². The van der Waals surface area contributed by atoms with E-state index in [-0.39, 0.29) is 24.2 Å². The molecule has 0 aliphatic carbocycles. The molecule has 0 radical (unpaired) electrons. The van der Waals surface area contributed by atoms with Crippen molar-refractivity contribution in [1.29, 1.82) is 0 Å². The molecule has 158 valence electrons. The molecule has 0 atom stereocenters. The summed E-state index contributed by atoms with van der Waals surface area (Å²) in [5, 5.41) is 11.8. The van der Waals surface area contributed by atoms with Crippen LogP contribution >= 0.6 is 23.2 Å². The molecule has 31 heavy (non-hydrogen) atoms. The molecule has 0 spiro atoms. The van der Waals surface area contributed by atoms with Gasteiger partial charge in [0, 0.05) is 11.2 Å². The minimum Gasteiger partial charge on any atom is -0.470 e. The van der Waals surface area contributed by atoms with Crippen molar-refractivity contribution in [3.05, 3.63) is 88.2 Å². The Morgan fingerprint density at radius 3 is 2.77 bits per heavy atom. The van der Waals surface area contributed by atoms with Crippen molar-refractivity contribution >= 4 is 35.1 Å². The molecule has 0 aliphatic rings. The molecule has 4 aromatic rings. The molecule has 0 fully saturated rings. The summed E-state index contributed by atoms with van der Waals surface area (Å²) >= 11 is 11.9. The van der Waals surface area contributed by atoms with E-state index >= 15 is 0 Å². The number of hydrogen-bond acceptors (Lipinski definition) is 5. The van der Waals surface area contributed by atoms with Crippen molar-refractivity contribution in [2.24, 2.45) is 0 Å². The van der Waals surface area contributed by atoms with Gasteiger partial charge in [-0.1, -0.05) is 35.3 Å². The fourth-order valence-corrected chi connectivity index (χ4v) is 3.16. The van der Waals surface area contributed by atoms with Gasteiger partial charge >= 0.3 is 0 Å². The highest BCUT2D eigenvalue weighted by Gasteiger charge is 2.13. The number of hydrogen-bond donors (Lipinski definition) is 1. The van der Waals surface area contributed by atoms with E-state index in [1.807, 2.05) is 0 Å². The Balaban J connectivity index is 1.34. The minimum absolute atomic E-state index is 0.0507. The Kier molecular flexibility index (Phi) is 6.15. The highest BCUT2D eigenvalue weighted by Crippen LogP contribution is 2.27. The van der Waals surface area contributed by atoms with Gasteiger partial charge in [0.15, 0.2) is 12.4 Å². The average Bonchev–Trinajstić information content (AvgIpc) is 3.37. The van der Waals surface area contributed by atoms with Crippen LogP contribution in [0.4, 0.5) is 10.3 Å². The van der Waals surface area contributed by atoms with Crippen LogP contribution < -0.4 is 10.1 Å². The minimum atomic E-state index is -0.480. The van der Waals surface area contributed by atoms with Gasteiger partial charge in [0.05, 0.1) is 11.6 Å². The first-order valence-electron chi connectivity index (χ1n) is 9.03. The van der Waals surface area contributed by atoms with Crippen LogP contribution in [0.5, 0.6) is 5.75 Å². The second kappa shape index (κ2) is 9.15. The first-order valence-corrected chi connectivity index (χ1v) is 9.78. The number of amides is 1. The van der Waals surface area contributed by atoms with Crippen LogP contribution in [0.2, 0.25) is 10.0 Å². The van der Waals surface area contributed by atoms with Gasteiger partial charge in [-0.15, -0.1) is 5.10 Å². The molecular weight excluding hydrogens is 446 g/mol. The molecule has 2 aromatic heterocycles. The fraction of sp³-hybridized carbons (Fsp3) is 0.100. The van der Waals surface area contributed by atoms with Crippen molar-refractivity contribution in [3.63, 3.8) is 0 Å². The monoisotopic (exact) mass is 460 g/mol. The number of nitrogens with zero attached hydrogens (tertiary/aromatic N) is 5. The lowest BCUT2D eigenvalue weighted by Crippen LogP contribution is -2.15. The second-order valence-electron chi connectivity index (χ2n) is 6.44. The standard InChI is InChI=1S/C20H15Cl2FN6O2/c21-14-4-5-18(16(22)9-14)31-12-28-7-6-17(26-28)19(30)25-20-24-11-29(27-20)10-13-2-1-3-15(23)8-13/h1-9,11H,10,12H2,(H,25,27,30). The predicted octanol–water partition coefficient (Wildman–Crippen LogP) is 4.26. The maximum atomic E-state index is 13.3. The number of ether oxygens (including phenoxy) is 1. The van der Waals surface area contributed by atoms with Crippen molar-refractivity contribution in [3.8, 4) is 5.75 Å². The van der Waals surface area contributed by atoms with Crippen LogP contribution in [-0.4, -0.2) is 30.5 Å². The largest absolute Gasteiger partial charge is 0.470 e. The first-order chi connectivity index (χ1) is 15.0. The molecule has 0 saturated heterocycles. The van der Waals surface area contributed by atoms with Crippen LogP contribution in [0.1, 0.15) is 16.1 Å². The van der Waals surface area contributed by atoms with Gasteiger partial charge in [-0.2, -0.15) is 5.10 Å². The maximum Gasteiger partial charge on any atom is 0.278 e. The Hall–Kier alpha value is -3.43. The van der Waals surface area contributed by atoms with E-state index in [9.17, 15) is 9.18 Å². The number of nitrogens with one attached hydrogen (secondary N) is 1. The summed E-state index contributed by atoms with van der Waals surface area (Å²) in [5.74, 6) is -0.253. The van der Waals surface area contributed by atoms with Gasteiger partial charge in [-0.05, 0) is 42.0 Å². The van der Waals surface area contributed by atoms with Crippen molar-refractivity contribution in [1.82, 2.24) is 24.5 Å². The summed E-state index contributed by atoms with van der Waals surface area (Å²) in [4.78, 5) is 16.4. The third-order valence-electron chi connectivity index (χ3n) is 4.11. The van der Waals surface area contributed by atoms with Crippen LogP contribution in [0.25, 0.3) is 0 Å². The third kappa shape index (κ3) is 5.39. The number of rotatable bonds is 7. The number of halogens is 3. The van der Waals surface area contributed by atoms with Crippen LogP contribution in [0.3, 0.4) is 0 Å². The highest BCUT2D eigenvalue weighted by molar-refractivity contribution is 6.35. The summed E-state index contributed by atoms with van der Waals surface area (Å²) in [6.45, 7) is 0.370. The van der Waals surface area contributed by atoms with E-state index in [0.717, 1.165) is 5.56 Å². The number of carbonyl (C=O) groups excluding carboxylic acids is 1. The number of aromatic nitrogens is 5. The zero-order valence-corrected chi connectivity index (χ0v) is 17.4. The highest BCUT2D eigenvalue weighted by atomic mass is 35.5. The van der Waals surface area contributed by atoms with Gasteiger partial charge < -0.3 is 4.74 Å². The molecule has 1 amide bonds. The predicted molar refractivity (Wildman–Crippen MR) is 113 cm³/mol. The molecule has 0 bridgehead atoms. The van der Waals surface area contributed by atoms with E-state index in [1.54, 1.807) is 36.5 Å². The summed E-state index contributed by atoms with van der Waals surface area (Å²) in [6.07, 6.45) is 3.04. The average molecular weight is 461 g/mol. The topological polar surface area (TPSA) is 86.9 Å². The van der Waals surface area contributed by atoms with Crippen molar-refractivity contribution in [2.75, 3.05) is 5.32 Å². The Labute approximate surface area is 186 Å². The van der Waals surface area contributed by atoms with Gasteiger partial charge in [-0.25, -0.2) is 18.7 Å². The Morgan fingerprint density at radius 2 is 1.97 bits per heavy atom. The van der Waals surface area contributed by atoms with Gasteiger partial charge in [0.2, 0.25) is 5.95 Å². The van der Waals surface area contributed by atoms with E-state index in [4.69, 9.17) is 27.9 Å². The Morgan fingerprint density at radius 1 is 1.10 bits per heavy atom. The summed E-state index contributed by atoms with van der Waals surface area (Å²) in [6, 6.07) is 12.6. The molecule has 2 heterocycles. The fourth-order valence-electron chi connectivity index (χ4n) is 2.70. The quantitative estimate of drug-likeness (QED) is 0.445. The number of benzene rings is 2. The molecule has 0 aliphatic heterocycles. The van der Waals surface area contributed by atoms with E-state index in [2.05, 4.69) is 20.5 Å². The van der Waals surface area contributed by atoms with Crippen LogP contribution in [0, 0.1) is 5.82 Å². The lowest BCUT2D eigenvalue weighted by atomic mass is 10.2. The molecular formula is C20H15Cl2FN6O2. The zero-order valence-electron chi connectivity index (χ0n) is 15.9. The summed E-state index contributed by atoms with van der Waals surface area (Å²) in [7, 11) is 0. The molecule has 4 rings (SSSR count). The molecule has 0 saturated carbocycles. The molecule has 1 N–H and O–H groups in total. The van der Waals surface area contributed by atoms with E-state index in [0.29, 0.717) is 22.3 Å². The zero-order chi connectivity index (χ0) is 21.8. The summed E-state index contributed by atoms with van der Waals surface area (Å²) in [5.41, 5.74) is 0.884. The van der Waals surface area contributed by atoms with Crippen LogP contribution in [0.15, 0.2) is 61.1 Å². The van der Waals surface area contributed by atoms with Crippen LogP contribution in [-0.2, 0) is 13.3 Å². The van der Waals surface area contributed by atoms with Crippen molar-refractivity contribution in [2.45, 2.75) is 13.3 Å². The Bertz CT molecular complexity index is 1230. The SMILES string of the molecule is O=C(Nc1ncn(Cc2cccc(F)c2)n1)c1ccn(COc2ccc(Cl)cc2Cl)n1. The van der Waals surface area contributed by atoms with Crippen molar-refractivity contribution < 1.29 is 13.9 Å². The van der Waals surface area contributed by atoms with Gasteiger partial charge in [0.25, 0.3) is 5.91 Å². The summed E-state index contributed by atoms with van der Waals surface area (Å²) < 4.78 is 21.8. The van der Waals surface area contributed by atoms with E-state index < -0.39 is 5.91 Å². The number of anilines is 1. The second-order valence-corrected chi connectivity index (χ2v) is 7.28. The first kappa shape index (κ1) is 20.8. The lowest BCUT2D eigenvalue weighted by molar-refractivity contribution is 0.101.